The summed E-state index contributed by atoms with van der Waals surface area (Å²) in [4.78, 5) is 37.9. The second kappa shape index (κ2) is 54.7. The summed E-state index contributed by atoms with van der Waals surface area (Å²) >= 11 is 0. The molecule has 0 spiro atoms. The molecule has 0 aliphatic carbocycles. The van der Waals surface area contributed by atoms with Gasteiger partial charge in [0.05, 0.1) is 27.7 Å². The van der Waals surface area contributed by atoms with Gasteiger partial charge in [0.25, 0.3) is 7.82 Å². The molecule has 10 heteroatoms. The number of unbranched alkanes of at least 4 members (excludes halogenated alkanes) is 35. The number of quaternary nitrogens is 1. The summed E-state index contributed by atoms with van der Waals surface area (Å²) in [7, 11) is 1.17. The molecule has 0 aromatic carbocycles. The van der Waals surface area contributed by atoms with Gasteiger partial charge >= 0.3 is 11.9 Å². The Labute approximate surface area is 452 Å². The standard InChI is InChI=1S/C63H118NO8P/c1-6-8-10-12-14-16-18-20-22-24-26-28-30-32-34-36-38-40-42-44-46-48-50-52-54-56-63(66)72-61(60-71-73(67,68)70-58-57-64(3,4)5)59-69-62(65)55-53-51-49-47-45-43-41-39-37-35-33-31-29-27-25-23-21-19-17-15-13-11-9-7-2/h8,10,14,16,20,22,26,28,61H,6-7,9,11-13,15,17-19,21,23-25,27,29-60H2,1-5H3/b10-8-,16-14-,22-20-,28-26-. The van der Waals surface area contributed by atoms with Gasteiger partial charge in [-0.05, 0) is 51.4 Å². The lowest BCUT2D eigenvalue weighted by Gasteiger charge is -2.28. The molecule has 73 heavy (non-hydrogen) atoms. The van der Waals surface area contributed by atoms with E-state index < -0.39 is 26.5 Å². The maximum atomic E-state index is 12.8. The van der Waals surface area contributed by atoms with Crippen LogP contribution in [0.3, 0.4) is 0 Å². The van der Waals surface area contributed by atoms with Crippen LogP contribution in [-0.2, 0) is 32.7 Å². The van der Waals surface area contributed by atoms with Gasteiger partial charge in [-0.2, -0.15) is 0 Å². The normalized spacial score (nSPS) is 13.6. The van der Waals surface area contributed by atoms with Crippen molar-refractivity contribution < 1.29 is 42.1 Å². The highest BCUT2D eigenvalue weighted by atomic mass is 31.2. The highest BCUT2D eigenvalue weighted by Crippen LogP contribution is 2.38. The molecule has 0 aromatic rings. The molecular formula is C63H118NO8P. The van der Waals surface area contributed by atoms with E-state index in [-0.39, 0.29) is 32.0 Å². The van der Waals surface area contributed by atoms with Crippen molar-refractivity contribution >= 4 is 19.8 Å². The van der Waals surface area contributed by atoms with Crippen molar-refractivity contribution in [2.24, 2.45) is 0 Å². The van der Waals surface area contributed by atoms with Crippen molar-refractivity contribution in [2.75, 3.05) is 47.5 Å². The molecule has 0 heterocycles. The lowest BCUT2D eigenvalue weighted by Crippen LogP contribution is -2.37. The quantitative estimate of drug-likeness (QED) is 0.0195. The molecule has 0 aromatic heterocycles. The zero-order valence-corrected chi connectivity index (χ0v) is 49.5. The number of hydrogen-bond donors (Lipinski definition) is 0. The number of phosphoric acid groups is 1. The minimum absolute atomic E-state index is 0.0302. The van der Waals surface area contributed by atoms with Crippen molar-refractivity contribution in [3.05, 3.63) is 48.6 Å². The number of allylic oxidation sites excluding steroid dienone is 8. The van der Waals surface area contributed by atoms with E-state index in [4.69, 9.17) is 18.5 Å². The Morgan fingerprint density at radius 3 is 1.16 bits per heavy atom. The van der Waals surface area contributed by atoms with E-state index >= 15 is 0 Å². The van der Waals surface area contributed by atoms with E-state index in [1.165, 1.54) is 193 Å². The van der Waals surface area contributed by atoms with Crippen molar-refractivity contribution in [2.45, 2.75) is 296 Å². The smallest absolute Gasteiger partial charge is 0.306 e. The molecule has 2 unspecified atom stereocenters. The zero-order valence-electron chi connectivity index (χ0n) is 48.6. The molecule has 0 aliphatic rings. The van der Waals surface area contributed by atoms with Crippen LogP contribution in [0, 0.1) is 0 Å². The number of esters is 2. The van der Waals surface area contributed by atoms with Crippen LogP contribution in [0.25, 0.3) is 0 Å². The zero-order chi connectivity index (χ0) is 53.5. The maximum absolute atomic E-state index is 12.8. The second-order valence-corrected chi connectivity index (χ2v) is 23.5. The first-order valence-electron chi connectivity index (χ1n) is 30.8. The molecule has 0 bridgehead atoms. The molecule has 2 atom stereocenters. The Kier molecular flexibility index (Phi) is 53.2. The van der Waals surface area contributed by atoms with Crippen LogP contribution >= 0.6 is 7.82 Å². The predicted molar refractivity (Wildman–Crippen MR) is 310 cm³/mol. The predicted octanol–water partition coefficient (Wildman–Crippen LogP) is 18.7. The molecule has 0 saturated carbocycles. The first kappa shape index (κ1) is 71.0. The van der Waals surface area contributed by atoms with E-state index in [0.717, 1.165) is 64.2 Å². The van der Waals surface area contributed by atoms with E-state index in [1.807, 2.05) is 21.1 Å². The lowest BCUT2D eigenvalue weighted by molar-refractivity contribution is -0.870. The highest BCUT2D eigenvalue weighted by molar-refractivity contribution is 7.45. The van der Waals surface area contributed by atoms with Crippen molar-refractivity contribution in [1.29, 1.82) is 0 Å². The molecule has 428 valence electrons. The fraction of sp³-hybridized carbons (Fsp3) is 0.841. The fourth-order valence-electron chi connectivity index (χ4n) is 8.89. The average molecular weight is 1050 g/mol. The third kappa shape index (κ3) is 59.1. The van der Waals surface area contributed by atoms with Crippen LogP contribution in [0.15, 0.2) is 48.6 Å². The molecule has 9 nitrogen and oxygen atoms in total. The molecule has 0 saturated heterocycles. The summed E-state index contributed by atoms with van der Waals surface area (Å²) in [5.41, 5.74) is 0. The Balaban J connectivity index is 4.10. The van der Waals surface area contributed by atoms with Crippen molar-refractivity contribution in [3.8, 4) is 0 Å². The molecule has 0 N–H and O–H groups in total. The minimum atomic E-state index is -4.64. The van der Waals surface area contributed by atoms with Gasteiger partial charge in [-0.3, -0.25) is 14.2 Å². The number of nitrogens with zero attached hydrogens (tertiary/aromatic N) is 1. The number of phosphoric ester groups is 1. The number of carbonyl (C=O) groups is 2. The number of carbonyl (C=O) groups excluding carboxylic acids is 2. The summed E-state index contributed by atoms with van der Waals surface area (Å²) in [5.74, 6) is -0.822. The van der Waals surface area contributed by atoms with E-state index in [9.17, 15) is 19.0 Å². The van der Waals surface area contributed by atoms with Crippen LogP contribution in [0.1, 0.15) is 290 Å². The van der Waals surface area contributed by atoms with Gasteiger partial charge in [0.15, 0.2) is 6.10 Å². The molecule has 0 aliphatic heterocycles. The third-order valence-corrected chi connectivity index (χ3v) is 14.6. The molecular weight excluding hydrogens is 930 g/mol. The van der Waals surface area contributed by atoms with E-state index in [1.54, 1.807) is 0 Å². The molecule has 0 amide bonds. The summed E-state index contributed by atoms with van der Waals surface area (Å²) < 4.78 is 34.2. The van der Waals surface area contributed by atoms with Gasteiger partial charge in [-0.15, -0.1) is 0 Å². The number of rotatable bonds is 57. The maximum Gasteiger partial charge on any atom is 0.306 e. The summed E-state index contributed by atoms with van der Waals surface area (Å²) in [6.45, 7) is 4.17. The topological polar surface area (TPSA) is 111 Å². The molecule has 0 fully saturated rings. The monoisotopic (exact) mass is 1050 g/mol. The van der Waals surface area contributed by atoms with Gasteiger partial charge in [0, 0.05) is 12.8 Å². The van der Waals surface area contributed by atoms with Crippen LogP contribution < -0.4 is 4.89 Å². The Hall–Kier alpha value is -2.03. The second-order valence-electron chi connectivity index (χ2n) is 22.0. The van der Waals surface area contributed by atoms with Crippen molar-refractivity contribution in [3.63, 3.8) is 0 Å². The third-order valence-electron chi connectivity index (χ3n) is 13.6. The van der Waals surface area contributed by atoms with Crippen LogP contribution in [0.4, 0.5) is 0 Å². The number of ether oxygens (including phenoxy) is 2. The Bertz CT molecular complexity index is 1370. The lowest BCUT2D eigenvalue weighted by atomic mass is 10.0. The Morgan fingerprint density at radius 2 is 0.781 bits per heavy atom. The molecule has 0 radical (unpaired) electrons. The average Bonchev–Trinajstić information content (AvgIpc) is 3.35. The van der Waals surface area contributed by atoms with Gasteiger partial charge in [-0.1, -0.05) is 274 Å². The first-order chi connectivity index (χ1) is 35.5. The SMILES string of the molecule is CC/C=C\C/C=C\C/C=C\C/C=C\CCCCCCCCCCCCCCC(=O)OC(COC(=O)CCCCCCCCCCCCCCCCCCCCCCCCCC)COP(=O)([O-])OCC[N+](C)(C)C. The van der Waals surface area contributed by atoms with Crippen LogP contribution in [-0.4, -0.2) is 70.0 Å². The summed E-state index contributed by atoms with van der Waals surface area (Å²) in [6.07, 6.45) is 68.8. The van der Waals surface area contributed by atoms with Crippen LogP contribution in [0.5, 0.6) is 0 Å². The van der Waals surface area contributed by atoms with Gasteiger partial charge in [0.1, 0.15) is 19.8 Å². The molecule has 0 rings (SSSR count). The van der Waals surface area contributed by atoms with Crippen molar-refractivity contribution in [1.82, 2.24) is 0 Å². The Morgan fingerprint density at radius 1 is 0.438 bits per heavy atom. The number of likely N-dealkylation sites (N-methyl/N-ethyl adjacent to an activating group) is 1. The summed E-state index contributed by atoms with van der Waals surface area (Å²) in [6, 6.07) is 0. The van der Waals surface area contributed by atoms with E-state index in [0.29, 0.717) is 17.4 Å². The largest absolute Gasteiger partial charge is 0.756 e. The van der Waals surface area contributed by atoms with Gasteiger partial charge in [-0.25, -0.2) is 0 Å². The fourth-order valence-corrected chi connectivity index (χ4v) is 9.61. The highest BCUT2D eigenvalue weighted by Gasteiger charge is 2.22. The van der Waals surface area contributed by atoms with E-state index in [2.05, 4.69) is 62.5 Å². The van der Waals surface area contributed by atoms with Gasteiger partial charge < -0.3 is 27.9 Å². The van der Waals surface area contributed by atoms with Crippen LogP contribution in [0.2, 0.25) is 0 Å². The van der Waals surface area contributed by atoms with Gasteiger partial charge in [0.2, 0.25) is 0 Å². The minimum Gasteiger partial charge on any atom is -0.756 e. The summed E-state index contributed by atoms with van der Waals surface area (Å²) in [5, 5.41) is 0. The number of hydrogen-bond acceptors (Lipinski definition) is 8. The first-order valence-corrected chi connectivity index (χ1v) is 32.3.